The maximum absolute atomic E-state index is 5.96. The Morgan fingerprint density at radius 1 is 1.47 bits per heavy atom. The summed E-state index contributed by atoms with van der Waals surface area (Å²) in [6.07, 6.45) is 3.49. The molecule has 0 bridgehead atoms. The van der Waals surface area contributed by atoms with E-state index in [1.54, 1.807) is 10.9 Å². The van der Waals surface area contributed by atoms with E-state index >= 15 is 0 Å². The second kappa shape index (κ2) is 4.86. The molecule has 2 rings (SSSR count). The van der Waals surface area contributed by atoms with Crippen LogP contribution in [-0.4, -0.2) is 31.3 Å². The van der Waals surface area contributed by atoms with Gasteiger partial charge in [-0.1, -0.05) is 5.21 Å². The third kappa shape index (κ3) is 2.38. The zero-order valence-corrected chi connectivity index (χ0v) is 10.1. The van der Waals surface area contributed by atoms with Gasteiger partial charge in [-0.2, -0.15) is 5.10 Å². The van der Waals surface area contributed by atoms with Crippen LogP contribution in [0.2, 0.25) is 0 Å². The highest BCUT2D eigenvalue weighted by atomic mass is 15.4. The Balaban J connectivity index is 1.98. The summed E-state index contributed by atoms with van der Waals surface area (Å²) in [5.41, 5.74) is 7.53. The van der Waals surface area contributed by atoms with Crippen molar-refractivity contribution in [3.8, 4) is 0 Å². The van der Waals surface area contributed by atoms with Gasteiger partial charge in [-0.25, -0.2) is 4.68 Å². The normalized spacial score (nSPS) is 10.7. The van der Waals surface area contributed by atoms with Gasteiger partial charge < -0.3 is 11.1 Å². The van der Waals surface area contributed by atoms with Crippen LogP contribution >= 0.6 is 0 Å². The highest BCUT2D eigenvalue weighted by Crippen LogP contribution is 2.21. The second-order valence-electron chi connectivity index (χ2n) is 3.76. The van der Waals surface area contributed by atoms with E-state index in [4.69, 9.17) is 5.73 Å². The van der Waals surface area contributed by atoms with Gasteiger partial charge in [0, 0.05) is 19.3 Å². The molecule has 0 radical (unpaired) electrons. The van der Waals surface area contributed by atoms with E-state index in [9.17, 15) is 0 Å². The van der Waals surface area contributed by atoms with Crippen molar-refractivity contribution in [3.05, 3.63) is 18.1 Å². The van der Waals surface area contributed by atoms with Crippen LogP contribution in [0.1, 0.15) is 12.6 Å². The number of nitrogen functional groups attached to an aromatic ring is 1. The molecule has 2 heterocycles. The van der Waals surface area contributed by atoms with E-state index in [0.29, 0.717) is 5.69 Å². The van der Waals surface area contributed by atoms with Crippen LogP contribution in [0, 0.1) is 6.92 Å². The first-order valence-corrected chi connectivity index (χ1v) is 5.63. The Bertz CT molecular complexity index is 471. The number of anilines is 2. The van der Waals surface area contributed by atoms with Gasteiger partial charge in [-0.05, 0) is 13.8 Å². The standard InChI is InChI=1S/C10H17N7/c1-3-17-10(9(11)8(2)14-17)12-4-6-16-7-5-13-15-16/h5,7,12H,3-4,6,11H2,1-2H3. The van der Waals surface area contributed by atoms with Crippen molar-refractivity contribution in [1.29, 1.82) is 0 Å². The fraction of sp³-hybridized carbons (Fsp3) is 0.500. The van der Waals surface area contributed by atoms with Crippen LogP contribution in [0.3, 0.4) is 0 Å². The molecule has 2 aromatic heterocycles. The van der Waals surface area contributed by atoms with Crippen LogP contribution in [0.5, 0.6) is 0 Å². The van der Waals surface area contributed by atoms with Gasteiger partial charge in [0.05, 0.1) is 24.1 Å². The maximum Gasteiger partial charge on any atom is 0.148 e. The van der Waals surface area contributed by atoms with E-state index in [1.165, 1.54) is 0 Å². The molecule has 0 aromatic carbocycles. The number of nitrogens with zero attached hydrogens (tertiary/aromatic N) is 5. The van der Waals surface area contributed by atoms with Crippen molar-refractivity contribution < 1.29 is 0 Å². The van der Waals surface area contributed by atoms with Crippen molar-refractivity contribution in [1.82, 2.24) is 24.8 Å². The van der Waals surface area contributed by atoms with Gasteiger partial charge in [0.15, 0.2) is 0 Å². The highest BCUT2D eigenvalue weighted by Gasteiger charge is 2.10. The molecule has 7 heteroatoms. The number of hydrogen-bond acceptors (Lipinski definition) is 5. The molecular weight excluding hydrogens is 218 g/mol. The summed E-state index contributed by atoms with van der Waals surface area (Å²) in [6, 6.07) is 0. The Morgan fingerprint density at radius 3 is 2.94 bits per heavy atom. The first-order chi connectivity index (χ1) is 8.22. The van der Waals surface area contributed by atoms with Gasteiger partial charge in [0.1, 0.15) is 5.82 Å². The molecule has 0 saturated carbocycles. The number of hydrogen-bond donors (Lipinski definition) is 2. The maximum atomic E-state index is 5.96. The predicted octanol–water partition coefficient (Wildman–Crippen LogP) is 0.497. The van der Waals surface area contributed by atoms with Gasteiger partial charge in [-0.15, -0.1) is 5.10 Å². The molecule has 7 nitrogen and oxygen atoms in total. The van der Waals surface area contributed by atoms with Crippen LogP contribution in [0.25, 0.3) is 0 Å². The first-order valence-electron chi connectivity index (χ1n) is 5.63. The lowest BCUT2D eigenvalue weighted by Gasteiger charge is -2.08. The lowest BCUT2D eigenvalue weighted by Crippen LogP contribution is -2.14. The summed E-state index contributed by atoms with van der Waals surface area (Å²) in [7, 11) is 0. The minimum atomic E-state index is 0.713. The van der Waals surface area contributed by atoms with Crippen LogP contribution in [0.15, 0.2) is 12.4 Å². The third-order valence-electron chi connectivity index (χ3n) is 2.58. The topological polar surface area (TPSA) is 86.6 Å². The highest BCUT2D eigenvalue weighted by molar-refractivity contribution is 5.64. The first kappa shape index (κ1) is 11.4. The Labute approximate surface area is 99.6 Å². The molecule has 17 heavy (non-hydrogen) atoms. The summed E-state index contributed by atoms with van der Waals surface area (Å²) < 4.78 is 3.63. The number of nitrogens with one attached hydrogen (secondary N) is 1. The summed E-state index contributed by atoms with van der Waals surface area (Å²) >= 11 is 0. The summed E-state index contributed by atoms with van der Waals surface area (Å²) in [4.78, 5) is 0. The molecule has 0 atom stereocenters. The average Bonchev–Trinajstić information content (AvgIpc) is 2.92. The summed E-state index contributed by atoms with van der Waals surface area (Å²) in [5.74, 6) is 0.880. The molecule has 0 aliphatic rings. The van der Waals surface area contributed by atoms with Crippen molar-refractivity contribution in [2.45, 2.75) is 26.9 Å². The zero-order chi connectivity index (χ0) is 12.3. The zero-order valence-electron chi connectivity index (χ0n) is 10.1. The lowest BCUT2D eigenvalue weighted by atomic mass is 10.4. The predicted molar refractivity (Wildman–Crippen MR) is 65.6 cm³/mol. The van der Waals surface area contributed by atoms with E-state index in [0.717, 1.165) is 31.1 Å². The molecule has 0 aliphatic heterocycles. The second-order valence-corrected chi connectivity index (χ2v) is 3.76. The minimum absolute atomic E-state index is 0.713. The van der Waals surface area contributed by atoms with Crippen LogP contribution < -0.4 is 11.1 Å². The monoisotopic (exact) mass is 235 g/mol. The molecule has 0 fully saturated rings. The fourth-order valence-electron chi connectivity index (χ4n) is 1.65. The van der Waals surface area contributed by atoms with E-state index < -0.39 is 0 Å². The largest absolute Gasteiger partial charge is 0.394 e. The molecule has 0 amide bonds. The minimum Gasteiger partial charge on any atom is -0.394 e. The van der Waals surface area contributed by atoms with Crippen molar-refractivity contribution >= 4 is 11.5 Å². The van der Waals surface area contributed by atoms with Crippen molar-refractivity contribution in [3.63, 3.8) is 0 Å². The van der Waals surface area contributed by atoms with Gasteiger partial charge in [0.25, 0.3) is 0 Å². The number of aryl methyl sites for hydroxylation is 2. The van der Waals surface area contributed by atoms with Gasteiger partial charge in [0.2, 0.25) is 0 Å². The van der Waals surface area contributed by atoms with Crippen LogP contribution in [0.4, 0.5) is 11.5 Å². The molecule has 0 spiro atoms. The molecule has 2 aromatic rings. The van der Waals surface area contributed by atoms with Gasteiger partial charge >= 0.3 is 0 Å². The molecule has 0 saturated heterocycles. The smallest absolute Gasteiger partial charge is 0.148 e. The van der Waals surface area contributed by atoms with Crippen LogP contribution in [-0.2, 0) is 13.1 Å². The Kier molecular flexibility index (Phi) is 3.27. The molecule has 92 valence electrons. The molecular formula is C10H17N7. The summed E-state index contributed by atoms with van der Waals surface area (Å²) in [6.45, 7) is 6.22. The van der Waals surface area contributed by atoms with E-state index in [-0.39, 0.29) is 0 Å². The Morgan fingerprint density at radius 2 is 2.29 bits per heavy atom. The molecule has 3 N–H and O–H groups in total. The third-order valence-corrected chi connectivity index (χ3v) is 2.58. The van der Waals surface area contributed by atoms with Gasteiger partial charge in [-0.3, -0.25) is 4.68 Å². The molecule has 0 unspecified atom stereocenters. The quantitative estimate of drug-likeness (QED) is 0.788. The SMILES string of the molecule is CCn1nc(C)c(N)c1NCCn1ccnn1. The van der Waals surface area contributed by atoms with E-state index in [1.807, 2.05) is 24.7 Å². The van der Waals surface area contributed by atoms with Crippen molar-refractivity contribution in [2.75, 3.05) is 17.6 Å². The summed E-state index contributed by atoms with van der Waals surface area (Å²) in [5, 5.41) is 15.3. The fourth-order valence-corrected chi connectivity index (χ4v) is 1.65. The molecule has 0 aliphatic carbocycles. The Hall–Kier alpha value is -2.05. The number of nitrogens with two attached hydrogens (primary N) is 1. The van der Waals surface area contributed by atoms with E-state index in [2.05, 4.69) is 20.7 Å². The lowest BCUT2D eigenvalue weighted by molar-refractivity contribution is 0.601. The average molecular weight is 235 g/mol. The number of rotatable bonds is 5. The number of aromatic nitrogens is 5. The van der Waals surface area contributed by atoms with Crippen molar-refractivity contribution in [2.24, 2.45) is 0 Å².